The van der Waals surface area contributed by atoms with Crippen molar-refractivity contribution in [1.82, 2.24) is 10.6 Å². The van der Waals surface area contributed by atoms with Gasteiger partial charge >= 0.3 is 5.97 Å². The average molecular weight is 318 g/mol. The van der Waals surface area contributed by atoms with Gasteiger partial charge in [0, 0.05) is 18.2 Å². The van der Waals surface area contributed by atoms with Crippen LogP contribution in [0.25, 0.3) is 0 Å². The maximum atomic E-state index is 12.0. The minimum Gasteiger partial charge on any atom is -0.481 e. The zero-order valence-corrected chi connectivity index (χ0v) is 14.0. The summed E-state index contributed by atoms with van der Waals surface area (Å²) in [6.45, 7) is 7.76. The number of hydrogen-bond donors (Lipinski definition) is 3. The van der Waals surface area contributed by atoms with Gasteiger partial charge in [-0.2, -0.15) is 11.8 Å². The van der Waals surface area contributed by atoms with Crippen molar-refractivity contribution in [2.75, 3.05) is 18.1 Å². The summed E-state index contributed by atoms with van der Waals surface area (Å²) in [7, 11) is 0. The van der Waals surface area contributed by atoms with E-state index in [1.54, 1.807) is 25.6 Å². The second-order valence-electron chi connectivity index (χ2n) is 5.58. The summed E-state index contributed by atoms with van der Waals surface area (Å²) in [5.74, 6) is 0.208. The molecule has 6 nitrogen and oxygen atoms in total. The molecule has 3 N–H and O–H groups in total. The lowest BCUT2D eigenvalue weighted by molar-refractivity contribution is -0.137. The van der Waals surface area contributed by atoms with E-state index in [1.165, 1.54) is 0 Å². The van der Waals surface area contributed by atoms with Gasteiger partial charge in [-0.15, -0.1) is 0 Å². The summed E-state index contributed by atoms with van der Waals surface area (Å²) in [4.78, 5) is 34.2. The molecule has 0 aromatic carbocycles. The number of carbonyl (C=O) groups excluding carboxylic acids is 2. The van der Waals surface area contributed by atoms with E-state index >= 15 is 0 Å². The van der Waals surface area contributed by atoms with Crippen LogP contribution in [0.2, 0.25) is 0 Å². The molecule has 0 unspecified atom stereocenters. The van der Waals surface area contributed by atoms with Crippen molar-refractivity contribution in [3.63, 3.8) is 0 Å². The number of aliphatic carboxylic acids is 1. The van der Waals surface area contributed by atoms with Crippen LogP contribution in [0.15, 0.2) is 0 Å². The van der Waals surface area contributed by atoms with Crippen molar-refractivity contribution in [3.8, 4) is 0 Å². The Morgan fingerprint density at radius 1 is 1.05 bits per heavy atom. The van der Waals surface area contributed by atoms with Gasteiger partial charge in [0.15, 0.2) is 0 Å². The van der Waals surface area contributed by atoms with E-state index in [0.717, 1.165) is 5.75 Å². The Kier molecular flexibility index (Phi) is 9.86. The maximum Gasteiger partial charge on any atom is 0.305 e. The molecule has 0 aromatic rings. The van der Waals surface area contributed by atoms with E-state index in [4.69, 9.17) is 5.11 Å². The first kappa shape index (κ1) is 19.8. The van der Waals surface area contributed by atoms with Crippen molar-refractivity contribution < 1.29 is 19.5 Å². The number of hydrogen-bond acceptors (Lipinski definition) is 4. The van der Waals surface area contributed by atoms with Gasteiger partial charge < -0.3 is 15.7 Å². The molecule has 0 fully saturated rings. The van der Waals surface area contributed by atoms with E-state index in [-0.39, 0.29) is 30.7 Å². The maximum absolute atomic E-state index is 12.0. The number of carboxylic acids is 1. The van der Waals surface area contributed by atoms with Crippen LogP contribution in [-0.2, 0) is 14.4 Å². The molecule has 0 saturated carbocycles. The highest BCUT2D eigenvalue weighted by Crippen LogP contribution is 2.09. The molecule has 0 aliphatic rings. The number of nitrogens with one attached hydrogen (secondary N) is 2. The largest absolute Gasteiger partial charge is 0.481 e. The Balaban J connectivity index is 4.43. The van der Waals surface area contributed by atoms with Crippen LogP contribution < -0.4 is 10.6 Å². The highest BCUT2D eigenvalue weighted by atomic mass is 32.2. The lowest BCUT2D eigenvalue weighted by Crippen LogP contribution is -2.49. The quantitative estimate of drug-likeness (QED) is 0.561. The third kappa shape index (κ3) is 10.2. The molecule has 122 valence electrons. The van der Waals surface area contributed by atoms with Crippen molar-refractivity contribution in [3.05, 3.63) is 0 Å². The molecule has 7 heteroatoms. The minimum absolute atomic E-state index is 0.0665. The topological polar surface area (TPSA) is 95.5 Å². The molecule has 0 heterocycles. The van der Waals surface area contributed by atoms with Crippen LogP contribution in [0.5, 0.6) is 0 Å². The molecule has 0 aliphatic heterocycles. The van der Waals surface area contributed by atoms with Gasteiger partial charge in [-0.05, 0) is 11.7 Å². The molecule has 0 rings (SSSR count). The molecule has 1 atom stereocenters. The van der Waals surface area contributed by atoms with Crippen LogP contribution >= 0.6 is 11.8 Å². The Labute approximate surface area is 130 Å². The van der Waals surface area contributed by atoms with Gasteiger partial charge in [-0.1, -0.05) is 27.7 Å². The normalized spacial score (nSPS) is 12.3. The van der Waals surface area contributed by atoms with E-state index in [1.807, 2.05) is 0 Å². The lowest BCUT2D eigenvalue weighted by Gasteiger charge is -2.19. The van der Waals surface area contributed by atoms with Gasteiger partial charge in [-0.25, -0.2) is 0 Å². The molecule has 0 radical (unpaired) electrons. The van der Waals surface area contributed by atoms with Crippen molar-refractivity contribution >= 4 is 29.5 Å². The Bertz CT molecular complexity index is 359. The fourth-order valence-corrected chi connectivity index (χ4v) is 2.44. The third-order valence-corrected chi connectivity index (χ3v) is 4.00. The average Bonchev–Trinajstić information content (AvgIpc) is 2.36. The van der Waals surface area contributed by atoms with E-state index in [2.05, 4.69) is 24.5 Å². The molecular formula is C14H26N2O4S. The van der Waals surface area contributed by atoms with E-state index in [0.29, 0.717) is 11.7 Å². The second kappa shape index (κ2) is 10.5. The lowest BCUT2D eigenvalue weighted by atomic mass is 10.2. The number of carbonyl (C=O) groups is 3. The predicted octanol–water partition coefficient (Wildman–Crippen LogP) is 1.11. The number of rotatable bonds is 10. The zero-order chi connectivity index (χ0) is 16.4. The highest BCUT2D eigenvalue weighted by molar-refractivity contribution is 7.99. The van der Waals surface area contributed by atoms with E-state index in [9.17, 15) is 14.4 Å². The van der Waals surface area contributed by atoms with Crippen LogP contribution in [0, 0.1) is 11.8 Å². The summed E-state index contributed by atoms with van der Waals surface area (Å²) in [6.07, 6.45) is -0.129. The SMILES string of the molecule is CC(C)CSC[C@H](NC(=O)C(C)C)C(=O)NCCC(=O)O. The highest BCUT2D eigenvalue weighted by Gasteiger charge is 2.22. The van der Waals surface area contributed by atoms with Crippen molar-refractivity contribution in [1.29, 1.82) is 0 Å². The van der Waals surface area contributed by atoms with Gasteiger partial charge in [0.2, 0.25) is 11.8 Å². The smallest absolute Gasteiger partial charge is 0.305 e. The summed E-state index contributed by atoms with van der Waals surface area (Å²) < 4.78 is 0. The van der Waals surface area contributed by atoms with Gasteiger partial charge in [-0.3, -0.25) is 14.4 Å². The Hall–Kier alpha value is -1.24. The summed E-state index contributed by atoms with van der Waals surface area (Å²) in [5.41, 5.74) is 0. The van der Waals surface area contributed by atoms with Crippen molar-refractivity contribution in [2.45, 2.75) is 40.2 Å². The summed E-state index contributed by atoms with van der Waals surface area (Å²) in [5, 5.41) is 13.8. The third-order valence-electron chi connectivity index (χ3n) is 2.53. The first-order valence-corrected chi connectivity index (χ1v) is 8.27. The predicted molar refractivity (Wildman–Crippen MR) is 84.2 cm³/mol. The number of amides is 2. The molecule has 0 spiro atoms. The second-order valence-corrected chi connectivity index (χ2v) is 6.66. The monoisotopic (exact) mass is 318 g/mol. The van der Waals surface area contributed by atoms with Crippen molar-refractivity contribution in [2.24, 2.45) is 11.8 Å². The molecule has 0 aliphatic carbocycles. The molecule has 0 bridgehead atoms. The molecule has 0 saturated heterocycles. The molecular weight excluding hydrogens is 292 g/mol. The standard InChI is InChI=1S/C14H26N2O4S/c1-9(2)7-21-8-11(16-13(19)10(3)4)14(20)15-6-5-12(17)18/h9-11H,5-8H2,1-4H3,(H,15,20)(H,16,19)(H,17,18)/t11-/m0/s1. The van der Waals surface area contributed by atoms with Crippen LogP contribution in [0.4, 0.5) is 0 Å². The minimum atomic E-state index is -0.966. The summed E-state index contributed by atoms with van der Waals surface area (Å²) >= 11 is 1.60. The molecule has 21 heavy (non-hydrogen) atoms. The van der Waals surface area contributed by atoms with Crippen LogP contribution in [0.1, 0.15) is 34.1 Å². The van der Waals surface area contributed by atoms with Gasteiger partial charge in [0.1, 0.15) is 6.04 Å². The number of thioether (sulfide) groups is 1. The fourth-order valence-electron chi connectivity index (χ4n) is 1.36. The van der Waals surface area contributed by atoms with E-state index < -0.39 is 12.0 Å². The van der Waals surface area contributed by atoms with Crippen LogP contribution in [0.3, 0.4) is 0 Å². The summed E-state index contributed by atoms with van der Waals surface area (Å²) in [6, 6.07) is -0.627. The first-order valence-electron chi connectivity index (χ1n) is 7.11. The fraction of sp³-hybridized carbons (Fsp3) is 0.786. The Morgan fingerprint density at radius 3 is 2.14 bits per heavy atom. The van der Waals surface area contributed by atoms with Gasteiger partial charge in [0.05, 0.1) is 6.42 Å². The molecule has 2 amide bonds. The number of carboxylic acid groups (broad SMARTS) is 1. The zero-order valence-electron chi connectivity index (χ0n) is 13.1. The first-order chi connectivity index (χ1) is 9.73. The molecule has 0 aromatic heterocycles. The van der Waals surface area contributed by atoms with Crippen LogP contribution in [-0.4, -0.2) is 47.0 Å². The van der Waals surface area contributed by atoms with Gasteiger partial charge in [0.25, 0.3) is 0 Å². The Morgan fingerprint density at radius 2 is 1.67 bits per heavy atom.